The molecule has 0 aromatic heterocycles. The summed E-state index contributed by atoms with van der Waals surface area (Å²) in [5.74, 6) is -1.32. The molecule has 8 heteroatoms. The Morgan fingerprint density at radius 2 is 1.93 bits per heavy atom. The van der Waals surface area contributed by atoms with Gasteiger partial charge in [-0.3, -0.25) is 4.79 Å². The topological polar surface area (TPSA) is 69.6 Å². The maximum absolute atomic E-state index is 11.8. The number of amides is 2. The van der Waals surface area contributed by atoms with Crippen LogP contribution >= 0.6 is 0 Å². The average molecular weight is 228 g/mol. The molecule has 0 bridgehead atoms. The molecule has 0 heterocycles. The Labute approximate surface area is 83.9 Å². The van der Waals surface area contributed by atoms with E-state index >= 15 is 0 Å². The van der Waals surface area contributed by atoms with Gasteiger partial charge >= 0.3 is 18.2 Å². The van der Waals surface area contributed by atoms with Gasteiger partial charge in [-0.2, -0.15) is 13.2 Å². The zero-order valence-corrected chi connectivity index (χ0v) is 8.13. The molecule has 0 radical (unpaired) electrons. The summed E-state index contributed by atoms with van der Waals surface area (Å²) in [4.78, 5) is 21.6. The number of rotatable bonds is 3. The summed E-state index contributed by atoms with van der Waals surface area (Å²) in [6, 6.07) is -2.31. The quantitative estimate of drug-likeness (QED) is 0.745. The smallest absolute Gasteiger partial charge is 0.406 e. The number of urea groups is 1. The summed E-state index contributed by atoms with van der Waals surface area (Å²) >= 11 is 0. The molecule has 0 aliphatic heterocycles. The molecule has 0 aliphatic carbocycles. The van der Waals surface area contributed by atoms with Crippen molar-refractivity contribution in [2.75, 3.05) is 13.6 Å². The maximum atomic E-state index is 11.8. The Hall–Kier alpha value is -1.47. The zero-order chi connectivity index (χ0) is 12.2. The maximum Gasteiger partial charge on any atom is 0.406 e. The lowest BCUT2D eigenvalue weighted by Crippen LogP contribution is -2.47. The first-order chi connectivity index (χ1) is 6.63. The van der Waals surface area contributed by atoms with Gasteiger partial charge < -0.3 is 15.3 Å². The second kappa shape index (κ2) is 4.85. The van der Waals surface area contributed by atoms with Crippen molar-refractivity contribution in [3.05, 3.63) is 0 Å². The van der Waals surface area contributed by atoms with E-state index in [1.807, 2.05) is 5.32 Å². The lowest BCUT2D eigenvalue weighted by atomic mass is 10.3. The van der Waals surface area contributed by atoms with Gasteiger partial charge in [0, 0.05) is 7.05 Å². The Kier molecular flexibility index (Phi) is 4.38. The van der Waals surface area contributed by atoms with Crippen LogP contribution in [0.3, 0.4) is 0 Å². The minimum atomic E-state index is -4.50. The van der Waals surface area contributed by atoms with Crippen molar-refractivity contribution in [3.8, 4) is 0 Å². The van der Waals surface area contributed by atoms with E-state index in [0.29, 0.717) is 4.90 Å². The molecular formula is C7H11F3N2O3. The highest BCUT2D eigenvalue weighted by Gasteiger charge is 2.31. The van der Waals surface area contributed by atoms with Crippen LogP contribution in [0.5, 0.6) is 0 Å². The van der Waals surface area contributed by atoms with E-state index in [-0.39, 0.29) is 0 Å². The van der Waals surface area contributed by atoms with Crippen LogP contribution < -0.4 is 5.32 Å². The van der Waals surface area contributed by atoms with Crippen LogP contribution in [0.1, 0.15) is 6.92 Å². The molecule has 1 atom stereocenters. The predicted molar refractivity (Wildman–Crippen MR) is 44.3 cm³/mol. The van der Waals surface area contributed by atoms with E-state index in [1.165, 1.54) is 0 Å². The minimum absolute atomic E-state index is 0.361. The summed E-state index contributed by atoms with van der Waals surface area (Å²) in [7, 11) is 0.928. The van der Waals surface area contributed by atoms with Gasteiger partial charge in [-0.05, 0) is 6.92 Å². The van der Waals surface area contributed by atoms with Gasteiger partial charge in [0.2, 0.25) is 0 Å². The number of hydrogen-bond donors (Lipinski definition) is 2. The molecule has 0 saturated carbocycles. The standard InChI is InChI=1S/C7H11F3N2O3/c1-4(5(13)14)11-6(15)12(2)3-7(8,9)10/h4H,3H2,1-2H3,(H,11,15)(H,13,14). The zero-order valence-electron chi connectivity index (χ0n) is 8.13. The Bertz CT molecular complexity index is 254. The van der Waals surface area contributed by atoms with Gasteiger partial charge in [0.05, 0.1) is 0 Å². The van der Waals surface area contributed by atoms with E-state index in [1.54, 1.807) is 0 Å². The van der Waals surface area contributed by atoms with Crippen LogP contribution in [0.4, 0.5) is 18.0 Å². The highest BCUT2D eigenvalue weighted by Crippen LogP contribution is 2.15. The van der Waals surface area contributed by atoms with E-state index < -0.39 is 30.8 Å². The second-order valence-electron chi connectivity index (χ2n) is 2.98. The molecule has 0 aromatic carbocycles. The molecule has 1 unspecified atom stereocenters. The van der Waals surface area contributed by atoms with Crippen molar-refractivity contribution >= 4 is 12.0 Å². The van der Waals surface area contributed by atoms with Crippen LogP contribution in [0.2, 0.25) is 0 Å². The molecule has 2 N–H and O–H groups in total. The Morgan fingerprint density at radius 3 is 2.27 bits per heavy atom. The van der Waals surface area contributed by atoms with Crippen LogP contribution in [-0.2, 0) is 4.79 Å². The molecule has 0 fully saturated rings. The van der Waals surface area contributed by atoms with Crippen molar-refractivity contribution in [2.45, 2.75) is 19.1 Å². The number of halogens is 3. The molecule has 88 valence electrons. The monoisotopic (exact) mass is 228 g/mol. The van der Waals surface area contributed by atoms with Gasteiger partial charge in [-0.25, -0.2) is 4.79 Å². The summed E-state index contributed by atoms with van der Waals surface area (Å²) in [6.07, 6.45) is -4.50. The van der Waals surface area contributed by atoms with Crippen LogP contribution in [-0.4, -0.2) is 47.8 Å². The van der Waals surface area contributed by atoms with Crippen LogP contribution in [0.25, 0.3) is 0 Å². The number of aliphatic carboxylic acids is 1. The average Bonchev–Trinajstić information content (AvgIpc) is 2.00. The molecule has 0 aromatic rings. The second-order valence-corrected chi connectivity index (χ2v) is 2.98. The molecule has 0 spiro atoms. The molecule has 15 heavy (non-hydrogen) atoms. The number of carboxylic acid groups (broad SMARTS) is 1. The van der Waals surface area contributed by atoms with Crippen molar-refractivity contribution in [2.24, 2.45) is 0 Å². The van der Waals surface area contributed by atoms with Crippen LogP contribution in [0, 0.1) is 0 Å². The van der Waals surface area contributed by atoms with Gasteiger partial charge in [0.1, 0.15) is 12.6 Å². The van der Waals surface area contributed by atoms with Crippen molar-refractivity contribution < 1.29 is 27.9 Å². The van der Waals surface area contributed by atoms with E-state index in [0.717, 1.165) is 14.0 Å². The van der Waals surface area contributed by atoms with E-state index in [2.05, 4.69) is 0 Å². The first-order valence-corrected chi connectivity index (χ1v) is 3.94. The van der Waals surface area contributed by atoms with E-state index in [4.69, 9.17) is 5.11 Å². The predicted octanol–water partition coefficient (Wildman–Crippen LogP) is 0.663. The van der Waals surface area contributed by atoms with Gasteiger partial charge in [-0.15, -0.1) is 0 Å². The SMILES string of the molecule is CC(NC(=O)N(C)CC(F)(F)F)C(=O)O. The molecule has 5 nitrogen and oxygen atoms in total. The highest BCUT2D eigenvalue weighted by molar-refractivity contribution is 5.82. The largest absolute Gasteiger partial charge is 0.480 e. The normalized spacial score (nSPS) is 13.1. The lowest BCUT2D eigenvalue weighted by molar-refractivity contribution is -0.139. The lowest BCUT2D eigenvalue weighted by Gasteiger charge is -2.20. The van der Waals surface area contributed by atoms with Crippen molar-refractivity contribution in [1.82, 2.24) is 10.2 Å². The minimum Gasteiger partial charge on any atom is -0.480 e. The summed E-state index contributed by atoms with van der Waals surface area (Å²) in [5.41, 5.74) is 0. The van der Waals surface area contributed by atoms with Gasteiger partial charge in [0.25, 0.3) is 0 Å². The fraction of sp³-hybridized carbons (Fsp3) is 0.714. The summed E-state index contributed by atoms with van der Waals surface area (Å²) in [5, 5.41) is 10.3. The number of alkyl halides is 3. The number of nitrogens with one attached hydrogen (secondary N) is 1. The van der Waals surface area contributed by atoms with Crippen LogP contribution in [0.15, 0.2) is 0 Å². The summed E-state index contributed by atoms with van der Waals surface area (Å²) < 4.78 is 35.5. The fourth-order valence-corrected chi connectivity index (χ4v) is 0.698. The highest BCUT2D eigenvalue weighted by atomic mass is 19.4. The Balaban J connectivity index is 4.17. The molecule has 0 aliphatic rings. The van der Waals surface area contributed by atoms with E-state index in [9.17, 15) is 22.8 Å². The molecule has 0 saturated heterocycles. The Morgan fingerprint density at radius 1 is 1.47 bits per heavy atom. The number of carbonyl (C=O) groups is 2. The number of nitrogens with zero attached hydrogens (tertiary/aromatic N) is 1. The first-order valence-electron chi connectivity index (χ1n) is 3.94. The van der Waals surface area contributed by atoms with Crippen molar-refractivity contribution in [1.29, 1.82) is 0 Å². The number of carboxylic acids is 1. The first kappa shape index (κ1) is 13.5. The van der Waals surface area contributed by atoms with Crippen molar-refractivity contribution in [3.63, 3.8) is 0 Å². The third kappa shape index (κ3) is 5.76. The molecule has 0 rings (SSSR count). The van der Waals surface area contributed by atoms with Gasteiger partial charge in [-0.1, -0.05) is 0 Å². The summed E-state index contributed by atoms with van der Waals surface area (Å²) in [6.45, 7) is -0.271. The number of hydrogen-bond acceptors (Lipinski definition) is 2. The molecule has 2 amide bonds. The third-order valence-corrected chi connectivity index (χ3v) is 1.47. The third-order valence-electron chi connectivity index (χ3n) is 1.47. The fourth-order valence-electron chi connectivity index (χ4n) is 0.698. The molecular weight excluding hydrogens is 217 g/mol. The number of carbonyl (C=O) groups excluding carboxylic acids is 1. The van der Waals surface area contributed by atoms with Gasteiger partial charge in [0.15, 0.2) is 0 Å².